The molecule has 0 aromatic heterocycles. The largest absolute Gasteiger partial charge is 0.478 e. The van der Waals surface area contributed by atoms with Crippen molar-refractivity contribution >= 4 is 29.5 Å². The van der Waals surface area contributed by atoms with Gasteiger partial charge in [0.1, 0.15) is 0 Å². The number of benzene rings is 2. The maximum Gasteiger partial charge on any atom is 0.335 e. The highest BCUT2D eigenvalue weighted by Gasteiger charge is 2.00. The van der Waals surface area contributed by atoms with E-state index in [1.165, 1.54) is 19.1 Å². The molecule has 6 nitrogen and oxygen atoms in total. The Bertz CT molecular complexity index is 692. The van der Waals surface area contributed by atoms with Crippen molar-refractivity contribution in [1.29, 1.82) is 0 Å². The number of carboxylic acid groups (broad SMARTS) is 1. The summed E-state index contributed by atoms with van der Waals surface area (Å²) in [6.07, 6.45) is 1.63. The first kappa shape index (κ1) is 15.2. The molecule has 22 heavy (non-hydrogen) atoms. The maximum atomic E-state index is 10.9. The molecule has 0 heterocycles. The zero-order valence-electron chi connectivity index (χ0n) is 11.9. The van der Waals surface area contributed by atoms with Crippen LogP contribution in [0, 0.1) is 0 Å². The van der Waals surface area contributed by atoms with Crippen molar-refractivity contribution in [1.82, 2.24) is 0 Å². The first-order valence-corrected chi connectivity index (χ1v) is 6.55. The molecule has 0 unspecified atom stereocenters. The number of hydrogen-bond donors (Lipinski definition) is 3. The third-order valence-electron chi connectivity index (χ3n) is 2.77. The van der Waals surface area contributed by atoms with Gasteiger partial charge in [-0.1, -0.05) is 12.1 Å². The zero-order chi connectivity index (χ0) is 15.9. The van der Waals surface area contributed by atoms with Crippen LogP contribution in [0.4, 0.5) is 11.4 Å². The fourth-order valence-electron chi connectivity index (χ4n) is 1.72. The Balaban J connectivity index is 1.94. The van der Waals surface area contributed by atoms with E-state index in [-0.39, 0.29) is 11.5 Å². The molecule has 2 rings (SSSR count). The van der Waals surface area contributed by atoms with Crippen LogP contribution in [-0.2, 0) is 4.79 Å². The van der Waals surface area contributed by atoms with Gasteiger partial charge in [0, 0.05) is 12.6 Å². The molecule has 0 radical (unpaired) electrons. The van der Waals surface area contributed by atoms with E-state index in [0.29, 0.717) is 5.69 Å². The molecule has 0 saturated carbocycles. The number of rotatable bonds is 5. The molecule has 1 amide bonds. The minimum Gasteiger partial charge on any atom is -0.478 e. The van der Waals surface area contributed by atoms with Gasteiger partial charge in [-0.15, -0.1) is 0 Å². The van der Waals surface area contributed by atoms with Crippen LogP contribution >= 0.6 is 0 Å². The van der Waals surface area contributed by atoms with Gasteiger partial charge in [0.05, 0.1) is 17.5 Å². The van der Waals surface area contributed by atoms with Crippen LogP contribution < -0.4 is 10.7 Å². The lowest BCUT2D eigenvalue weighted by Gasteiger charge is -2.02. The number of carbonyl (C=O) groups excluding carboxylic acids is 1. The Morgan fingerprint density at radius 3 is 2.14 bits per heavy atom. The molecule has 3 N–H and O–H groups in total. The van der Waals surface area contributed by atoms with Gasteiger partial charge in [-0.2, -0.15) is 5.10 Å². The van der Waals surface area contributed by atoms with Crippen LogP contribution in [0.5, 0.6) is 0 Å². The Labute approximate surface area is 127 Å². The number of nitrogens with zero attached hydrogens (tertiary/aromatic N) is 1. The van der Waals surface area contributed by atoms with Crippen LogP contribution in [0.1, 0.15) is 22.8 Å². The van der Waals surface area contributed by atoms with Crippen LogP contribution in [0.3, 0.4) is 0 Å². The van der Waals surface area contributed by atoms with Crippen molar-refractivity contribution in [3.63, 3.8) is 0 Å². The summed E-state index contributed by atoms with van der Waals surface area (Å²) in [5, 5.41) is 15.5. The van der Waals surface area contributed by atoms with Gasteiger partial charge in [0.15, 0.2) is 0 Å². The lowest BCUT2D eigenvalue weighted by atomic mass is 10.2. The molecular formula is C16H15N3O3. The lowest BCUT2D eigenvalue weighted by Crippen LogP contribution is -2.05. The minimum atomic E-state index is -0.964. The molecule has 0 atom stereocenters. The molecule has 6 heteroatoms. The molecule has 0 aliphatic rings. The number of carbonyl (C=O) groups is 2. The predicted molar refractivity (Wildman–Crippen MR) is 85.4 cm³/mol. The summed E-state index contributed by atoms with van der Waals surface area (Å²) in [6, 6.07) is 13.5. The summed E-state index contributed by atoms with van der Waals surface area (Å²) in [5.41, 5.74) is 5.32. The van der Waals surface area contributed by atoms with E-state index in [9.17, 15) is 9.59 Å². The van der Waals surface area contributed by atoms with E-state index in [1.807, 2.05) is 12.1 Å². The second-order valence-electron chi connectivity index (χ2n) is 4.56. The Kier molecular flexibility index (Phi) is 4.87. The summed E-state index contributed by atoms with van der Waals surface area (Å²) in [6.45, 7) is 1.45. The van der Waals surface area contributed by atoms with E-state index < -0.39 is 5.97 Å². The number of hydrogen-bond acceptors (Lipinski definition) is 4. The van der Waals surface area contributed by atoms with E-state index in [1.54, 1.807) is 30.5 Å². The number of carboxylic acids is 1. The highest BCUT2D eigenvalue weighted by molar-refractivity contribution is 5.89. The first-order chi connectivity index (χ1) is 10.5. The topological polar surface area (TPSA) is 90.8 Å². The normalized spacial score (nSPS) is 10.4. The third kappa shape index (κ3) is 4.45. The number of hydrazone groups is 1. The average Bonchev–Trinajstić information content (AvgIpc) is 2.49. The molecule has 0 aliphatic carbocycles. The maximum absolute atomic E-state index is 10.9. The Morgan fingerprint density at radius 1 is 1.00 bits per heavy atom. The quantitative estimate of drug-likeness (QED) is 0.584. The third-order valence-corrected chi connectivity index (χ3v) is 2.77. The number of nitrogens with one attached hydrogen (secondary N) is 2. The average molecular weight is 297 g/mol. The van der Waals surface area contributed by atoms with Gasteiger partial charge in [-0.25, -0.2) is 4.79 Å². The van der Waals surface area contributed by atoms with Gasteiger partial charge in [0.2, 0.25) is 5.91 Å². The molecule has 0 spiro atoms. The molecule has 2 aromatic rings. The zero-order valence-corrected chi connectivity index (χ0v) is 11.9. The van der Waals surface area contributed by atoms with E-state index in [2.05, 4.69) is 15.8 Å². The molecule has 0 aliphatic heterocycles. The lowest BCUT2D eigenvalue weighted by molar-refractivity contribution is -0.114. The smallest absolute Gasteiger partial charge is 0.335 e. The summed E-state index contributed by atoms with van der Waals surface area (Å²) in [7, 11) is 0. The summed E-state index contributed by atoms with van der Waals surface area (Å²) in [5.74, 6) is -1.08. The van der Waals surface area contributed by atoms with Crippen LogP contribution in [-0.4, -0.2) is 23.2 Å². The van der Waals surface area contributed by atoms with Crippen molar-refractivity contribution in [3.05, 3.63) is 59.7 Å². The van der Waals surface area contributed by atoms with Gasteiger partial charge < -0.3 is 10.4 Å². The van der Waals surface area contributed by atoms with Gasteiger partial charge in [-0.05, 0) is 42.0 Å². The first-order valence-electron chi connectivity index (χ1n) is 6.55. The predicted octanol–water partition coefficient (Wildman–Crippen LogP) is 2.79. The van der Waals surface area contributed by atoms with Crippen molar-refractivity contribution in [2.24, 2.45) is 5.10 Å². The Morgan fingerprint density at radius 2 is 1.59 bits per heavy atom. The molecule has 0 bridgehead atoms. The van der Waals surface area contributed by atoms with Gasteiger partial charge >= 0.3 is 5.97 Å². The molecule has 112 valence electrons. The van der Waals surface area contributed by atoms with E-state index in [0.717, 1.165) is 11.3 Å². The van der Waals surface area contributed by atoms with Crippen LogP contribution in [0.15, 0.2) is 53.6 Å². The standard InChI is InChI=1S/C16H15N3O3/c1-11(20)18-14-6-2-12(3-7-14)10-17-19-15-8-4-13(5-9-15)16(21)22/h2-10,19H,1H3,(H,18,20)(H,21,22)/b17-10-. The van der Waals surface area contributed by atoms with Crippen LogP contribution in [0.2, 0.25) is 0 Å². The number of amides is 1. The fourth-order valence-corrected chi connectivity index (χ4v) is 1.72. The van der Waals surface area contributed by atoms with Crippen molar-refractivity contribution < 1.29 is 14.7 Å². The Hall–Kier alpha value is -3.15. The minimum absolute atomic E-state index is 0.118. The molecule has 0 saturated heterocycles. The monoisotopic (exact) mass is 297 g/mol. The van der Waals surface area contributed by atoms with Crippen molar-refractivity contribution in [3.8, 4) is 0 Å². The number of anilines is 2. The van der Waals surface area contributed by atoms with Crippen molar-refractivity contribution in [2.75, 3.05) is 10.7 Å². The summed E-state index contributed by atoms with van der Waals surface area (Å²) < 4.78 is 0. The SMILES string of the molecule is CC(=O)Nc1ccc(/C=N\Nc2ccc(C(=O)O)cc2)cc1. The molecular weight excluding hydrogens is 282 g/mol. The second kappa shape index (κ2) is 7.03. The van der Waals surface area contributed by atoms with Gasteiger partial charge in [0.25, 0.3) is 0 Å². The highest BCUT2D eigenvalue weighted by atomic mass is 16.4. The van der Waals surface area contributed by atoms with E-state index in [4.69, 9.17) is 5.11 Å². The summed E-state index contributed by atoms with van der Waals surface area (Å²) >= 11 is 0. The van der Waals surface area contributed by atoms with Crippen molar-refractivity contribution in [2.45, 2.75) is 6.92 Å². The van der Waals surface area contributed by atoms with E-state index >= 15 is 0 Å². The summed E-state index contributed by atoms with van der Waals surface area (Å²) in [4.78, 5) is 21.6. The molecule has 2 aromatic carbocycles. The fraction of sp³-hybridized carbons (Fsp3) is 0.0625. The highest BCUT2D eigenvalue weighted by Crippen LogP contribution is 2.10. The van der Waals surface area contributed by atoms with Gasteiger partial charge in [-0.3, -0.25) is 10.2 Å². The van der Waals surface area contributed by atoms with Crippen LogP contribution in [0.25, 0.3) is 0 Å². The number of aromatic carboxylic acids is 1. The second-order valence-corrected chi connectivity index (χ2v) is 4.56. The molecule has 0 fully saturated rings.